The van der Waals surface area contributed by atoms with Crippen LogP contribution >= 0.6 is 0 Å². The van der Waals surface area contributed by atoms with Gasteiger partial charge in [0.05, 0.1) is 13.7 Å². The number of carbonyl (C=O) groups is 1. The van der Waals surface area contributed by atoms with E-state index in [9.17, 15) is 9.59 Å². The molecule has 2 aromatic heterocycles. The van der Waals surface area contributed by atoms with Crippen molar-refractivity contribution in [3.8, 4) is 17.4 Å². The number of methoxy groups -OCH3 is 1. The smallest absolute Gasteiger partial charge is 0.433 e. The molecule has 14 nitrogen and oxygen atoms in total. The maximum atomic E-state index is 15.7. The van der Waals surface area contributed by atoms with Gasteiger partial charge in [-0.05, 0) is 36.4 Å². The molecule has 6 N–H and O–H groups in total. The van der Waals surface area contributed by atoms with Gasteiger partial charge in [-0.3, -0.25) is 4.98 Å². The molecule has 0 saturated heterocycles. The predicted octanol–water partition coefficient (Wildman–Crippen LogP) is 1.45. The number of rotatable bonds is 10. The second-order valence-corrected chi connectivity index (χ2v) is 7.81. The average Bonchev–Trinajstić information content (AvgIpc) is 3.33. The predicted molar refractivity (Wildman–Crippen MR) is 136 cm³/mol. The molecule has 2 heterocycles. The first-order valence-corrected chi connectivity index (χ1v) is 11.3. The van der Waals surface area contributed by atoms with Crippen LogP contribution in [0.15, 0.2) is 64.6 Å². The summed E-state index contributed by atoms with van der Waals surface area (Å²) in [5.74, 6) is -0.939. The number of H-pyrrole nitrogens is 1. The quantitative estimate of drug-likeness (QED) is 0.144. The summed E-state index contributed by atoms with van der Waals surface area (Å²) in [6.07, 6.45) is 1.43. The first-order chi connectivity index (χ1) is 18.8. The molecule has 4 rings (SSSR count). The third-order valence-corrected chi connectivity index (χ3v) is 5.29. The minimum atomic E-state index is -1.44. The van der Waals surface area contributed by atoms with E-state index >= 15 is 4.39 Å². The second-order valence-electron chi connectivity index (χ2n) is 7.81. The first-order valence-electron chi connectivity index (χ1n) is 11.3. The largest absolute Gasteiger partial charge is 0.497 e. The molecular weight excluding hydrogens is 515 g/mol. The van der Waals surface area contributed by atoms with Gasteiger partial charge in [-0.2, -0.15) is 4.99 Å². The summed E-state index contributed by atoms with van der Waals surface area (Å²) in [7, 11) is 1.39. The number of halogens is 1. The highest BCUT2D eigenvalue weighted by Gasteiger charge is 2.27. The van der Waals surface area contributed by atoms with Crippen LogP contribution in [0, 0.1) is 5.82 Å². The number of anilines is 1. The summed E-state index contributed by atoms with van der Waals surface area (Å²) in [5, 5.41) is 25.4. The average molecular weight is 538 g/mol. The van der Waals surface area contributed by atoms with Gasteiger partial charge in [-0.15, -0.1) is 9.78 Å². The summed E-state index contributed by atoms with van der Waals surface area (Å²) < 4.78 is 27.3. The zero-order chi connectivity index (χ0) is 27.9. The Morgan fingerprint density at radius 2 is 1.97 bits per heavy atom. The van der Waals surface area contributed by atoms with Crippen LogP contribution in [-0.2, 0) is 0 Å². The zero-order valence-corrected chi connectivity index (χ0v) is 20.4. The Morgan fingerprint density at radius 3 is 2.62 bits per heavy atom. The topological polar surface area (TPSA) is 203 Å². The number of nitrogens with two attached hydrogens (primary N) is 1. The molecule has 39 heavy (non-hydrogen) atoms. The Kier molecular flexibility index (Phi) is 8.11. The Balaban J connectivity index is 1.81. The number of hydrogen-bond acceptors (Lipinski definition) is 9. The summed E-state index contributed by atoms with van der Waals surface area (Å²) in [6.45, 7) is -0.512. The van der Waals surface area contributed by atoms with Crippen molar-refractivity contribution in [1.82, 2.24) is 24.7 Å². The number of hydrogen-bond donors (Lipinski definition) is 5. The van der Waals surface area contributed by atoms with Gasteiger partial charge in [0.25, 0.3) is 5.95 Å². The highest BCUT2D eigenvalue weighted by atomic mass is 19.1. The van der Waals surface area contributed by atoms with Gasteiger partial charge in [0.1, 0.15) is 24.2 Å². The maximum Gasteiger partial charge on any atom is 0.433 e. The van der Waals surface area contributed by atoms with Gasteiger partial charge in [0.15, 0.2) is 17.4 Å². The van der Waals surface area contributed by atoms with Crippen LogP contribution in [0.3, 0.4) is 0 Å². The maximum absolute atomic E-state index is 15.7. The van der Waals surface area contributed by atoms with Gasteiger partial charge in [-0.1, -0.05) is 0 Å². The number of nitrogens with one attached hydrogen (secondary N) is 2. The molecule has 0 aliphatic rings. The number of benzene rings is 2. The van der Waals surface area contributed by atoms with Crippen LogP contribution in [0.1, 0.15) is 23.0 Å². The highest BCUT2D eigenvalue weighted by Crippen LogP contribution is 2.35. The van der Waals surface area contributed by atoms with E-state index in [2.05, 4.69) is 30.4 Å². The first kappa shape index (κ1) is 26.7. The molecule has 0 saturated carbocycles. The number of amides is 1. The molecule has 0 spiro atoms. The van der Waals surface area contributed by atoms with Crippen LogP contribution in [0.2, 0.25) is 0 Å². The van der Waals surface area contributed by atoms with Crippen molar-refractivity contribution in [3.05, 3.63) is 88.1 Å². The number of aliphatic hydroxyl groups excluding tert-OH is 1. The minimum Gasteiger partial charge on any atom is -0.497 e. The van der Waals surface area contributed by atoms with Gasteiger partial charge >= 0.3 is 11.8 Å². The fourth-order valence-electron chi connectivity index (χ4n) is 3.55. The SMILES string of the molecule is COc1cc(OCCO)c(F)c(C(Nc2ccc(C(N)=NC(=O)O)cc2)c2nn(-c3ncccn3)c(=O)[nH]2)c1. The zero-order valence-electron chi connectivity index (χ0n) is 20.4. The summed E-state index contributed by atoms with van der Waals surface area (Å²) in [4.78, 5) is 37.5. The summed E-state index contributed by atoms with van der Waals surface area (Å²) in [6, 6.07) is 9.34. The van der Waals surface area contributed by atoms with Crippen molar-refractivity contribution in [2.24, 2.45) is 10.7 Å². The molecule has 1 atom stereocenters. The number of aliphatic hydroxyl groups is 1. The monoisotopic (exact) mass is 538 g/mol. The molecule has 0 fully saturated rings. The molecular formula is C24H23FN8O6. The van der Waals surface area contributed by atoms with E-state index in [0.29, 0.717) is 11.3 Å². The van der Waals surface area contributed by atoms with Crippen LogP contribution in [0.25, 0.3) is 5.95 Å². The van der Waals surface area contributed by atoms with Crippen LogP contribution in [0.4, 0.5) is 14.9 Å². The number of ether oxygens (including phenoxy) is 2. The third-order valence-electron chi connectivity index (χ3n) is 5.29. The molecule has 15 heteroatoms. The Morgan fingerprint density at radius 1 is 1.26 bits per heavy atom. The Labute approximate surface area is 219 Å². The number of nitrogens with zero attached hydrogens (tertiary/aromatic N) is 5. The Hall–Kier alpha value is -5.31. The number of aliphatic imine (C=N–C) groups is 1. The molecule has 0 aliphatic carbocycles. The molecule has 2 aromatic carbocycles. The lowest BCUT2D eigenvalue weighted by atomic mass is 10.0. The summed E-state index contributed by atoms with van der Waals surface area (Å²) in [5.41, 5.74) is 5.79. The normalized spacial score (nSPS) is 12.1. The van der Waals surface area contributed by atoms with Crippen molar-refractivity contribution >= 4 is 17.6 Å². The molecule has 1 amide bonds. The van der Waals surface area contributed by atoms with E-state index in [1.165, 1.54) is 43.8 Å². The second kappa shape index (κ2) is 11.8. The lowest BCUT2D eigenvalue weighted by Gasteiger charge is -2.21. The summed E-state index contributed by atoms with van der Waals surface area (Å²) >= 11 is 0. The fraction of sp³-hybridized carbons (Fsp3) is 0.167. The van der Waals surface area contributed by atoms with E-state index in [-0.39, 0.29) is 47.9 Å². The van der Waals surface area contributed by atoms with E-state index < -0.39 is 23.6 Å². The molecule has 0 aliphatic heterocycles. The van der Waals surface area contributed by atoms with E-state index in [4.69, 9.17) is 25.4 Å². The van der Waals surface area contributed by atoms with Crippen LogP contribution < -0.4 is 26.2 Å². The number of amidine groups is 1. The molecule has 4 aromatic rings. The highest BCUT2D eigenvalue weighted by molar-refractivity contribution is 6.02. The lowest BCUT2D eigenvalue weighted by molar-refractivity contribution is 0.195. The van der Waals surface area contributed by atoms with Crippen molar-refractivity contribution < 1.29 is 28.9 Å². The third kappa shape index (κ3) is 6.16. The van der Waals surface area contributed by atoms with E-state index in [1.54, 1.807) is 18.2 Å². The lowest BCUT2D eigenvalue weighted by Crippen LogP contribution is -2.18. The standard InChI is InChI=1S/C24H23FN8O6/c1-38-15-11-16(18(25)17(12-15)39-10-9-34)19(21-31-23(35)33(32-21)22-27-7-2-8-28-22)29-14-5-3-13(4-6-14)20(26)30-24(36)37/h2-8,11-12,19,29,34H,9-10H2,1H3,(H2,26,30)(H,36,37)(H,31,32,35). The van der Waals surface area contributed by atoms with Gasteiger partial charge in [-0.25, -0.2) is 23.9 Å². The van der Waals surface area contributed by atoms with Gasteiger partial charge in [0.2, 0.25) is 0 Å². The molecule has 202 valence electrons. The van der Waals surface area contributed by atoms with Gasteiger partial charge < -0.3 is 30.7 Å². The number of aromatic amines is 1. The molecule has 0 radical (unpaired) electrons. The molecule has 0 bridgehead atoms. The van der Waals surface area contributed by atoms with Gasteiger partial charge in [0, 0.05) is 35.3 Å². The van der Waals surface area contributed by atoms with E-state index in [0.717, 1.165) is 4.68 Å². The van der Waals surface area contributed by atoms with E-state index in [1.807, 2.05) is 0 Å². The van der Waals surface area contributed by atoms with Crippen molar-refractivity contribution in [1.29, 1.82) is 0 Å². The van der Waals surface area contributed by atoms with Crippen molar-refractivity contribution in [3.63, 3.8) is 0 Å². The van der Waals surface area contributed by atoms with Crippen LogP contribution in [0.5, 0.6) is 11.5 Å². The number of aromatic nitrogens is 5. The molecule has 1 unspecified atom stereocenters. The van der Waals surface area contributed by atoms with Crippen molar-refractivity contribution in [2.75, 3.05) is 25.6 Å². The van der Waals surface area contributed by atoms with Crippen LogP contribution in [-0.4, -0.2) is 67.2 Å². The minimum absolute atomic E-state index is 0.000576. The Bertz CT molecular complexity index is 1540. The fourth-order valence-corrected chi connectivity index (χ4v) is 3.55. The van der Waals surface area contributed by atoms with Crippen molar-refractivity contribution in [2.45, 2.75) is 6.04 Å². The number of carboxylic acid groups (broad SMARTS) is 1.